The maximum atomic E-state index is 8.00. The lowest BCUT2D eigenvalue weighted by molar-refractivity contribution is 1.14. The fourth-order valence-corrected chi connectivity index (χ4v) is 8.56. The Morgan fingerprint density at radius 2 is 1.07 bits per heavy atom. The van der Waals surface area contributed by atoms with Crippen molar-refractivity contribution >= 4 is 72.4 Å². The first-order chi connectivity index (χ1) is 21.9. The average molecular weight is 574 g/mol. The summed E-state index contributed by atoms with van der Waals surface area (Å²) in [5.74, 6) is 0. The van der Waals surface area contributed by atoms with Gasteiger partial charge in [-0.3, -0.25) is 0 Å². The van der Waals surface area contributed by atoms with Crippen LogP contribution in [0.1, 0.15) is 22.3 Å². The van der Waals surface area contributed by atoms with Crippen LogP contribution in [0.3, 0.4) is 0 Å². The van der Waals surface area contributed by atoms with Gasteiger partial charge in [-0.25, -0.2) is 4.85 Å². The molecule has 0 unspecified atom stereocenters. The summed E-state index contributed by atoms with van der Waals surface area (Å²) in [6.07, 6.45) is 0. The van der Waals surface area contributed by atoms with Crippen LogP contribution in [0.15, 0.2) is 97.1 Å². The molecule has 4 heteroatoms. The maximum Gasteiger partial charge on any atom is 0.252 e. The summed E-state index contributed by atoms with van der Waals surface area (Å²) in [5.41, 5.74) is 19.4. The van der Waals surface area contributed by atoms with Gasteiger partial charge in [-0.1, -0.05) is 70.8 Å². The highest BCUT2D eigenvalue weighted by atomic mass is 15.0. The Morgan fingerprint density at radius 3 is 1.60 bits per heavy atom. The predicted molar refractivity (Wildman–Crippen MR) is 190 cm³/mol. The van der Waals surface area contributed by atoms with Gasteiger partial charge in [0, 0.05) is 44.0 Å². The minimum absolute atomic E-state index is 0.0979. The van der Waals surface area contributed by atoms with Gasteiger partial charge in [0.1, 0.15) is 0 Å². The number of para-hydroxylation sites is 1. The molecule has 6 aromatic carbocycles. The first kappa shape index (κ1) is 24.9. The molecule has 0 N–H and O–H groups in total. The molecule has 0 bridgehead atoms. The number of fused-ring (bicyclic) bond motifs is 10. The molecule has 2 aliphatic heterocycles. The normalized spacial score (nSPS) is 12.8. The Kier molecular flexibility index (Phi) is 4.61. The van der Waals surface area contributed by atoms with Gasteiger partial charge in [-0.15, -0.1) is 0 Å². The Labute approximate surface area is 261 Å². The molecule has 0 saturated carbocycles. The largest absolute Gasteiger partial charge is 0.310 e. The summed E-state index contributed by atoms with van der Waals surface area (Å²) in [6, 6.07) is 36.1. The quantitative estimate of drug-likeness (QED) is 0.138. The molecule has 0 aliphatic carbocycles. The van der Waals surface area contributed by atoms with E-state index in [1.54, 1.807) is 0 Å². The summed E-state index contributed by atoms with van der Waals surface area (Å²) >= 11 is 0. The lowest BCUT2D eigenvalue weighted by atomic mass is 9.34. The van der Waals surface area contributed by atoms with Crippen molar-refractivity contribution in [3.63, 3.8) is 0 Å². The van der Waals surface area contributed by atoms with E-state index in [4.69, 9.17) is 6.57 Å². The van der Waals surface area contributed by atoms with Crippen LogP contribution in [0.25, 0.3) is 71.0 Å². The molecule has 4 heterocycles. The van der Waals surface area contributed by atoms with Crippen molar-refractivity contribution in [1.29, 1.82) is 0 Å². The van der Waals surface area contributed by atoms with E-state index in [9.17, 15) is 0 Å². The van der Waals surface area contributed by atoms with Crippen molar-refractivity contribution in [3.8, 4) is 22.5 Å². The third-order valence-corrected chi connectivity index (χ3v) is 10.2. The van der Waals surface area contributed by atoms with E-state index in [0.29, 0.717) is 5.69 Å². The SMILES string of the molecule is [C-]#[N+]c1ccccc1-c1cc2c3c(c1)-n1c4ccc(C)cc4c4cc(C)cc(c41)B3c1cc(C)cc3c4cc(C)ccc4n-2c13. The lowest BCUT2D eigenvalue weighted by Crippen LogP contribution is -2.59. The van der Waals surface area contributed by atoms with Gasteiger partial charge in [-0.05, 0) is 104 Å². The van der Waals surface area contributed by atoms with Crippen molar-refractivity contribution in [2.24, 2.45) is 0 Å². The molecule has 10 rings (SSSR count). The molecule has 0 radical (unpaired) electrons. The third kappa shape index (κ3) is 3.05. The van der Waals surface area contributed by atoms with Gasteiger partial charge < -0.3 is 9.13 Å². The highest BCUT2D eigenvalue weighted by Gasteiger charge is 2.41. The maximum absolute atomic E-state index is 8.00. The second kappa shape index (κ2) is 8.34. The van der Waals surface area contributed by atoms with Gasteiger partial charge in [0.05, 0.1) is 17.6 Å². The summed E-state index contributed by atoms with van der Waals surface area (Å²) < 4.78 is 5.04. The van der Waals surface area contributed by atoms with Gasteiger partial charge >= 0.3 is 0 Å². The van der Waals surface area contributed by atoms with E-state index in [2.05, 4.69) is 121 Å². The smallest absolute Gasteiger partial charge is 0.252 e. The fourth-order valence-electron chi connectivity index (χ4n) is 8.56. The van der Waals surface area contributed by atoms with Crippen molar-refractivity contribution in [2.45, 2.75) is 27.7 Å². The van der Waals surface area contributed by atoms with Crippen molar-refractivity contribution in [3.05, 3.63) is 131 Å². The molecular weight excluding hydrogens is 545 g/mol. The van der Waals surface area contributed by atoms with Crippen molar-refractivity contribution < 1.29 is 0 Å². The lowest BCUT2D eigenvalue weighted by Gasteiger charge is -2.34. The van der Waals surface area contributed by atoms with E-state index >= 15 is 0 Å². The summed E-state index contributed by atoms with van der Waals surface area (Å²) in [4.78, 5) is 3.95. The van der Waals surface area contributed by atoms with Crippen LogP contribution >= 0.6 is 0 Å². The summed E-state index contributed by atoms with van der Waals surface area (Å²) in [6.45, 7) is 17.0. The highest BCUT2D eigenvalue weighted by molar-refractivity contribution is 7.00. The monoisotopic (exact) mass is 573 g/mol. The van der Waals surface area contributed by atoms with Crippen LogP contribution in [-0.4, -0.2) is 15.8 Å². The molecule has 0 amide bonds. The van der Waals surface area contributed by atoms with Crippen LogP contribution in [0.2, 0.25) is 0 Å². The molecule has 8 aromatic rings. The van der Waals surface area contributed by atoms with Crippen molar-refractivity contribution in [2.75, 3.05) is 0 Å². The number of aromatic nitrogens is 2. The first-order valence-electron chi connectivity index (χ1n) is 15.7. The molecule has 45 heavy (non-hydrogen) atoms. The van der Waals surface area contributed by atoms with E-state index in [0.717, 1.165) is 11.1 Å². The second-order valence-corrected chi connectivity index (χ2v) is 13.2. The number of rotatable bonds is 1. The number of hydrogen-bond donors (Lipinski definition) is 0. The number of nitrogens with zero attached hydrogens (tertiary/aromatic N) is 3. The molecule has 0 atom stereocenters. The first-order valence-corrected chi connectivity index (χ1v) is 15.7. The highest BCUT2D eigenvalue weighted by Crippen LogP contribution is 2.42. The Morgan fingerprint density at radius 1 is 0.556 bits per heavy atom. The minimum atomic E-state index is 0.0979. The zero-order valence-corrected chi connectivity index (χ0v) is 25.7. The molecule has 0 fully saturated rings. The van der Waals surface area contributed by atoms with Crippen LogP contribution in [0.4, 0.5) is 5.69 Å². The Balaban J connectivity index is 1.49. The summed E-state index contributed by atoms with van der Waals surface area (Å²) in [5, 5.41) is 5.22. The zero-order chi connectivity index (χ0) is 30.3. The third-order valence-electron chi connectivity index (χ3n) is 10.2. The zero-order valence-electron chi connectivity index (χ0n) is 25.7. The molecule has 0 saturated heterocycles. The predicted octanol–water partition coefficient (Wildman–Crippen LogP) is 8.48. The van der Waals surface area contributed by atoms with Gasteiger partial charge in [0.25, 0.3) is 6.71 Å². The molecule has 3 nitrogen and oxygen atoms in total. The molecular formula is C41H28BN3. The fraction of sp³-hybridized carbons (Fsp3) is 0.0976. The van der Waals surface area contributed by atoms with E-state index < -0.39 is 0 Å². The number of hydrogen-bond acceptors (Lipinski definition) is 0. The van der Waals surface area contributed by atoms with E-state index in [-0.39, 0.29) is 6.71 Å². The minimum Gasteiger partial charge on any atom is -0.310 e. The van der Waals surface area contributed by atoms with Crippen LogP contribution in [0, 0.1) is 34.3 Å². The Bertz CT molecular complexity index is 2560. The van der Waals surface area contributed by atoms with Crippen LogP contribution in [-0.2, 0) is 0 Å². The Hall–Kier alpha value is -5.53. The van der Waals surface area contributed by atoms with E-state index in [1.807, 2.05) is 18.2 Å². The standard InChI is InChI=1S/C41H28BN3/c1-22-10-12-35-28(14-22)30-16-24(3)18-32-40(30)44(35)37-20-26(27-8-6-7-9-34(27)43-5)21-38-39(37)42(32)33-19-25(4)17-31-29-15-23(2)11-13-36(29)45(38)41(31)33/h6-21H,1-4H3. The van der Waals surface area contributed by atoms with Crippen LogP contribution in [0.5, 0.6) is 0 Å². The van der Waals surface area contributed by atoms with Gasteiger partial charge in [0.2, 0.25) is 0 Å². The van der Waals surface area contributed by atoms with Gasteiger partial charge in [-0.2, -0.15) is 0 Å². The second-order valence-electron chi connectivity index (χ2n) is 13.2. The molecule has 0 spiro atoms. The average Bonchev–Trinajstić information content (AvgIpc) is 3.53. The van der Waals surface area contributed by atoms with Crippen LogP contribution < -0.4 is 16.4 Å². The van der Waals surface area contributed by atoms with E-state index in [1.165, 1.54) is 93.6 Å². The van der Waals surface area contributed by atoms with Crippen molar-refractivity contribution in [1.82, 2.24) is 9.13 Å². The van der Waals surface area contributed by atoms with Gasteiger partial charge in [0.15, 0.2) is 5.69 Å². The topological polar surface area (TPSA) is 14.2 Å². The summed E-state index contributed by atoms with van der Waals surface area (Å²) in [7, 11) is 0. The molecule has 210 valence electrons. The molecule has 2 aromatic heterocycles. The number of aryl methyl sites for hydroxylation is 4. The molecule has 2 aliphatic rings. The number of benzene rings is 6.